The van der Waals surface area contributed by atoms with Crippen LogP contribution < -0.4 is 5.32 Å². The molecule has 0 atom stereocenters. The average Bonchev–Trinajstić information content (AvgIpc) is 3.34. The van der Waals surface area contributed by atoms with E-state index in [1.54, 1.807) is 22.3 Å². The summed E-state index contributed by atoms with van der Waals surface area (Å²) in [5.41, 5.74) is 4.66. The summed E-state index contributed by atoms with van der Waals surface area (Å²) in [4.78, 5) is 20.8. The van der Waals surface area contributed by atoms with Gasteiger partial charge in [-0.25, -0.2) is 14.6 Å². The van der Waals surface area contributed by atoms with E-state index in [9.17, 15) is 4.79 Å². The predicted molar refractivity (Wildman–Crippen MR) is 106 cm³/mol. The van der Waals surface area contributed by atoms with Crippen molar-refractivity contribution in [1.82, 2.24) is 19.7 Å². The Kier molecular flexibility index (Phi) is 4.76. The number of anilines is 1. The minimum atomic E-state index is -0.0930. The number of hydrogen-bond acceptors (Lipinski definition) is 5. The van der Waals surface area contributed by atoms with Crippen LogP contribution in [0.15, 0.2) is 66.6 Å². The number of aromatic nitrogens is 4. The molecule has 0 aliphatic rings. The predicted octanol–water partition coefficient (Wildman–Crippen LogP) is 3.88. The van der Waals surface area contributed by atoms with E-state index in [1.165, 1.54) is 11.9 Å². The van der Waals surface area contributed by atoms with Crippen molar-refractivity contribution in [2.45, 2.75) is 13.3 Å². The summed E-state index contributed by atoms with van der Waals surface area (Å²) >= 11 is 1.55. The van der Waals surface area contributed by atoms with Crippen molar-refractivity contribution in [2.75, 3.05) is 5.32 Å². The van der Waals surface area contributed by atoms with Crippen molar-refractivity contribution in [1.29, 1.82) is 0 Å². The monoisotopic (exact) mass is 375 g/mol. The molecule has 6 nitrogen and oxygen atoms in total. The second-order valence-corrected chi connectivity index (χ2v) is 6.98. The first-order chi connectivity index (χ1) is 13.2. The second kappa shape index (κ2) is 7.51. The van der Waals surface area contributed by atoms with Crippen LogP contribution in [0, 0.1) is 6.92 Å². The third kappa shape index (κ3) is 4.09. The molecule has 1 N–H and O–H groups in total. The number of nitrogens with zero attached hydrogens (tertiary/aromatic N) is 4. The second-order valence-electron chi connectivity index (χ2n) is 6.13. The van der Waals surface area contributed by atoms with Gasteiger partial charge in [0.2, 0.25) is 5.91 Å². The van der Waals surface area contributed by atoms with Crippen LogP contribution in [0.3, 0.4) is 0 Å². The Bertz CT molecular complexity index is 1050. The summed E-state index contributed by atoms with van der Waals surface area (Å²) in [5.74, 6) is -0.0930. The van der Waals surface area contributed by atoms with Crippen molar-refractivity contribution < 1.29 is 4.79 Å². The molecule has 4 rings (SSSR count). The number of aryl methyl sites for hydroxylation is 1. The summed E-state index contributed by atoms with van der Waals surface area (Å²) in [6.45, 7) is 2.06. The van der Waals surface area contributed by atoms with Gasteiger partial charge in [0.05, 0.1) is 17.8 Å². The Morgan fingerprint density at radius 1 is 1.19 bits per heavy atom. The van der Waals surface area contributed by atoms with Gasteiger partial charge < -0.3 is 5.32 Å². The molecule has 2 aromatic heterocycles. The molecule has 0 radical (unpaired) electrons. The SMILES string of the molecule is Cc1cccc(-c2nc(CC(=O)Nc3ccc(-n4cncn4)cc3)cs2)c1. The Labute approximate surface area is 160 Å². The zero-order valence-electron chi connectivity index (χ0n) is 14.7. The molecule has 0 saturated heterocycles. The normalized spacial score (nSPS) is 10.7. The van der Waals surface area contributed by atoms with Gasteiger partial charge in [0, 0.05) is 16.6 Å². The highest BCUT2D eigenvalue weighted by Crippen LogP contribution is 2.24. The minimum absolute atomic E-state index is 0.0930. The van der Waals surface area contributed by atoms with E-state index in [4.69, 9.17) is 0 Å². The first-order valence-corrected chi connectivity index (χ1v) is 9.32. The van der Waals surface area contributed by atoms with Crippen molar-refractivity contribution in [3.8, 4) is 16.3 Å². The Morgan fingerprint density at radius 3 is 2.78 bits per heavy atom. The van der Waals surface area contributed by atoms with Crippen molar-refractivity contribution in [3.63, 3.8) is 0 Å². The van der Waals surface area contributed by atoms with Crippen LogP contribution in [-0.2, 0) is 11.2 Å². The number of thiazole rings is 1. The first-order valence-electron chi connectivity index (χ1n) is 8.44. The quantitative estimate of drug-likeness (QED) is 0.574. The molecule has 2 aromatic carbocycles. The van der Waals surface area contributed by atoms with Gasteiger partial charge >= 0.3 is 0 Å². The number of hydrogen-bond donors (Lipinski definition) is 1. The molecule has 0 fully saturated rings. The first kappa shape index (κ1) is 17.1. The molecular weight excluding hydrogens is 358 g/mol. The summed E-state index contributed by atoms with van der Waals surface area (Å²) in [5, 5.41) is 9.84. The summed E-state index contributed by atoms with van der Waals surface area (Å²) < 4.78 is 1.66. The molecular formula is C20H17N5OS. The molecule has 2 heterocycles. The van der Waals surface area contributed by atoms with Crippen molar-refractivity contribution in [2.24, 2.45) is 0 Å². The Hall–Kier alpha value is -3.32. The molecule has 0 spiro atoms. The zero-order valence-corrected chi connectivity index (χ0v) is 15.5. The highest BCUT2D eigenvalue weighted by Gasteiger charge is 2.10. The van der Waals surface area contributed by atoms with Gasteiger partial charge in [-0.1, -0.05) is 23.8 Å². The zero-order chi connectivity index (χ0) is 18.6. The molecule has 1 amide bonds. The molecule has 0 aliphatic carbocycles. The topological polar surface area (TPSA) is 72.7 Å². The lowest BCUT2D eigenvalue weighted by Crippen LogP contribution is -2.14. The minimum Gasteiger partial charge on any atom is -0.326 e. The maximum atomic E-state index is 12.3. The van der Waals surface area contributed by atoms with Crippen LogP contribution in [0.2, 0.25) is 0 Å². The van der Waals surface area contributed by atoms with Gasteiger partial charge in [0.1, 0.15) is 17.7 Å². The van der Waals surface area contributed by atoms with E-state index in [1.807, 2.05) is 41.8 Å². The fraction of sp³-hybridized carbons (Fsp3) is 0.100. The van der Waals surface area contributed by atoms with Gasteiger partial charge in [-0.05, 0) is 37.3 Å². The standard InChI is InChI=1S/C20H17N5OS/c1-14-3-2-4-15(9-14)20-24-17(11-27-20)10-19(26)23-16-5-7-18(8-6-16)25-13-21-12-22-25/h2-9,11-13H,10H2,1H3,(H,23,26). The molecule has 0 aliphatic heterocycles. The van der Waals surface area contributed by atoms with Gasteiger partial charge in [-0.2, -0.15) is 5.10 Å². The summed E-state index contributed by atoms with van der Waals surface area (Å²) in [6.07, 6.45) is 3.35. The number of nitrogens with one attached hydrogen (secondary N) is 1. The highest BCUT2D eigenvalue weighted by molar-refractivity contribution is 7.13. The highest BCUT2D eigenvalue weighted by atomic mass is 32.1. The maximum absolute atomic E-state index is 12.3. The number of carbonyl (C=O) groups is 1. The largest absolute Gasteiger partial charge is 0.326 e. The number of rotatable bonds is 5. The van der Waals surface area contributed by atoms with Gasteiger partial charge in [0.15, 0.2) is 0 Å². The van der Waals surface area contributed by atoms with E-state index in [-0.39, 0.29) is 12.3 Å². The molecule has 0 bridgehead atoms. The van der Waals surface area contributed by atoms with Crippen LogP contribution in [-0.4, -0.2) is 25.7 Å². The average molecular weight is 375 g/mol. The Balaban J connectivity index is 1.40. The van der Waals surface area contributed by atoms with Gasteiger partial charge in [-0.3, -0.25) is 4.79 Å². The van der Waals surface area contributed by atoms with Gasteiger partial charge in [-0.15, -0.1) is 11.3 Å². The number of carbonyl (C=O) groups excluding carboxylic acids is 1. The lowest BCUT2D eigenvalue weighted by molar-refractivity contribution is -0.115. The summed E-state index contributed by atoms with van der Waals surface area (Å²) in [6, 6.07) is 15.6. The van der Waals surface area contributed by atoms with E-state index in [0.29, 0.717) is 0 Å². The molecule has 27 heavy (non-hydrogen) atoms. The van der Waals surface area contributed by atoms with Crippen molar-refractivity contribution in [3.05, 3.63) is 77.8 Å². The fourth-order valence-electron chi connectivity index (χ4n) is 2.71. The Morgan fingerprint density at radius 2 is 2.04 bits per heavy atom. The third-order valence-corrected chi connectivity index (χ3v) is 4.93. The van der Waals surface area contributed by atoms with Crippen LogP contribution in [0.5, 0.6) is 0 Å². The lowest BCUT2D eigenvalue weighted by Gasteiger charge is -2.06. The fourth-order valence-corrected chi connectivity index (χ4v) is 3.52. The summed E-state index contributed by atoms with van der Waals surface area (Å²) in [7, 11) is 0. The van der Waals surface area contributed by atoms with E-state index >= 15 is 0 Å². The van der Waals surface area contributed by atoms with Crippen LogP contribution in [0.25, 0.3) is 16.3 Å². The number of amides is 1. The van der Waals surface area contributed by atoms with Crippen LogP contribution >= 0.6 is 11.3 Å². The molecule has 134 valence electrons. The molecule has 0 saturated carbocycles. The third-order valence-electron chi connectivity index (χ3n) is 3.99. The lowest BCUT2D eigenvalue weighted by atomic mass is 10.1. The number of benzene rings is 2. The van der Waals surface area contributed by atoms with Crippen molar-refractivity contribution >= 4 is 22.9 Å². The molecule has 0 unspecified atom stereocenters. The van der Waals surface area contributed by atoms with E-state index < -0.39 is 0 Å². The van der Waals surface area contributed by atoms with E-state index in [0.717, 1.165) is 27.6 Å². The van der Waals surface area contributed by atoms with Gasteiger partial charge in [0.25, 0.3) is 0 Å². The van der Waals surface area contributed by atoms with Crippen LogP contribution in [0.4, 0.5) is 5.69 Å². The smallest absolute Gasteiger partial charge is 0.230 e. The maximum Gasteiger partial charge on any atom is 0.230 e. The van der Waals surface area contributed by atoms with Crippen LogP contribution in [0.1, 0.15) is 11.3 Å². The molecule has 4 aromatic rings. The molecule has 7 heteroatoms. The van der Waals surface area contributed by atoms with E-state index in [2.05, 4.69) is 39.4 Å².